The van der Waals surface area contributed by atoms with Gasteiger partial charge in [0.15, 0.2) is 0 Å². The highest BCUT2D eigenvalue weighted by Crippen LogP contribution is 2.41. The molecule has 0 saturated heterocycles. The van der Waals surface area contributed by atoms with Crippen LogP contribution in [0.2, 0.25) is 0 Å². The van der Waals surface area contributed by atoms with Gasteiger partial charge in [-0.1, -0.05) is 30.3 Å². The lowest BCUT2D eigenvalue weighted by Gasteiger charge is -2.31. The number of benzene rings is 2. The summed E-state index contributed by atoms with van der Waals surface area (Å²) in [6, 6.07) is 14.0. The second-order valence-electron chi connectivity index (χ2n) is 5.19. The number of fused-ring (bicyclic) bond motifs is 1. The minimum absolute atomic E-state index is 0.396. The number of esters is 2. The van der Waals surface area contributed by atoms with Crippen LogP contribution in [0.3, 0.4) is 0 Å². The number of hydrogen-bond donors (Lipinski definition) is 0. The van der Waals surface area contributed by atoms with Crippen molar-refractivity contribution in [3.05, 3.63) is 65.2 Å². The number of cyclic esters (lactones) is 1. The molecule has 23 heavy (non-hydrogen) atoms. The van der Waals surface area contributed by atoms with Crippen molar-refractivity contribution in [2.24, 2.45) is 0 Å². The van der Waals surface area contributed by atoms with Gasteiger partial charge in [-0.05, 0) is 29.3 Å². The molecular weight excluding hydrogens is 296 g/mol. The zero-order valence-electron chi connectivity index (χ0n) is 12.8. The van der Waals surface area contributed by atoms with Crippen LogP contribution in [-0.2, 0) is 14.3 Å². The monoisotopic (exact) mass is 312 g/mol. The van der Waals surface area contributed by atoms with Crippen LogP contribution in [0, 0.1) is 0 Å². The molecule has 2 aromatic rings. The van der Waals surface area contributed by atoms with E-state index >= 15 is 0 Å². The number of ether oxygens (including phenoxy) is 3. The fourth-order valence-corrected chi connectivity index (χ4v) is 2.80. The average Bonchev–Trinajstić information content (AvgIpc) is 2.61. The van der Waals surface area contributed by atoms with Gasteiger partial charge < -0.3 is 14.2 Å². The molecule has 0 fully saturated rings. The fourth-order valence-electron chi connectivity index (χ4n) is 2.80. The number of rotatable bonds is 3. The van der Waals surface area contributed by atoms with E-state index in [1.165, 1.54) is 7.11 Å². The molecule has 0 aliphatic carbocycles. The van der Waals surface area contributed by atoms with Crippen molar-refractivity contribution in [1.29, 1.82) is 0 Å². The first-order chi connectivity index (χ1) is 11.2. The summed E-state index contributed by atoms with van der Waals surface area (Å²) in [5.41, 5.74) is 1.73. The summed E-state index contributed by atoms with van der Waals surface area (Å²) in [5, 5.41) is 0. The van der Waals surface area contributed by atoms with Crippen LogP contribution in [0.5, 0.6) is 5.75 Å². The Balaban J connectivity index is 2.08. The first-order valence-corrected chi connectivity index (χ1v) is 7.17. The Hall–Kier alpha value is -2.82. The van der Waals surface area contributed by atoms with E-state index in [2.05, 4.69) is 0 Å². The number of methoxy groups -OCH3 is 2. The molecule has 1 aliphatic rings. The number of hydrogen-bond acceptors (Lipinski definition) is 5. The topological polar surface area (TPSA) is 61.8 Å². The lowest BCUT2D eigenvalue weighted by molar-refractivity contribution is -0.146. The maximum absolute atomic E-state index is 12.3. The van der Waals surface area contributed by atoms with Crippen LogP contribution in [0.1, 0.15) is 33.5 Å². The van der Waals surface area contributed by atoms with Crippen molar-refractivity contribution in [1.82, 2.24) is 0 Å². The van der Waals surface area contributed by atoms with E-state index < -0.39 is 24.0 Å². The van der Waals surface area contributed by atoms with Crippen LogP contribution in [-0.4, -0.2) is 26.2 Å². The first-order valence-electron chi connectivity index (χ1n) is 7.17. The fraction of sp³-hybridized carbons (Fsp3) is 0.222. The molecule has 3 rings (SSSR count). The SMILES string of the molecule is COC(=O)[C@@H]1c2ccccc2C(=O)O[C@H]1c1ccc(OC)cc1. The molecule has 1 aliphatic heterocycles. The highest BCUT2D eigenvalue weighted by atomic mass is 16.6. The maximum atomic E-state index is 12.3. The van der Waals surface area contributed by atoms with Gasteiger partial charge in [0.1, 0.15) is 17.8 Å². The van der Waals surface area contributed by atoms with E-state index in [4.69, 9.17) is 14.2 Å². The summed E-state index contributed by atoms with van der Waals surface area (Å²) in [7, 11) is 2.90. The molecule has 0 N–H and O–H groups in total. The van der Waals surface area contributed by atoms with Gasteiger partial charge in [-0.2, -0.15) is 0 Å². The molecule has 5 nitrogen and oxygen atoms in total. The Kier molecular flexibility index (Phi) is 4.02. The Bertz CT molecular complexity index is 735. The molecule has 2 aromatic carbocycles. The summed E-state index contributed by atoms with van der Waals surface area (Å²) < 4.78 is 15.6. The summed E-state index contributed by atoms with van der Waals surface area (Å²) in [4.78, 5) is 24.6. The first kappa shape index (κ1) is 15.1. The lowest BCUT2D eigenvalue weighted by atomic mass is 9.84. The van der Waals surface area contributed by atoms with Gasteiger partial charge in [0.05, 0.1) is 19.8 Å². The van der Waals surface area contributed by atoms with Crippen molar-refractivity contribution < 1.29 is 23.8 Å². The molecular formula is C18H16O5. The van der Waals surface area contributed by atoms with Gasteiger partial charge >= 0.3 is 11.9 Å². The van der Waals surface area contributed by atoms with E-state index in [0.29, 0.717) is 22.4 Å². The molecule has 0 unspecified atom stereocenters. The predicted molar refractivity (Wildman–Crippen MR) is 82.3 cm³/mol. The Labute approximate surface area is 133 Å². The molecule has 0 radical (unpaired) electrons. The minimum Gasteiger partial charge on any atom is -0.497 e. The summed E-state index contributed by atoms with van der Waals surface area (Å²) >= 11 is 0. The lowest BCUT2D eigenvalue weighted by Crippen LogP contribution is -2.31. The standard InChI is InChI=1S/C18H16O5/c1-21-12-9-7-11(8-10-12)16-15(18(20)22-2)13-5-3-4-6-14(13)17(19)23-16/h3-10,15-16H,1-2H3/t15-,16+/m1/s1. The van der Waals surface area contributed by atoms with E-state index in [9.17, 15) is 9.59 Å². The van der Waals surface area contributed by atoms with Gasteiger partial charge in [-0.3, -0.25) is 4.79 Å². The molecule has 1 heterocycles. The third kappa shape index (κ3) is 2.65. The van der Waals surface area contributed by atoms with Gasteiger partial charge in [-0.15, -0.1) is 0 Å². The Morgan fingerprint density at radius 3 is 2.39 bits per heavy atom. The van der Waals surface area contributed by atoms with E-state index in [0.717, 1.165) is 0 Å². The van der Waals surface area contributed by atoms with Crippen LogP contribution < -0.4 is 4.74 Å². The van der Waals surface area contributed by atoms with Crippen molar-refractivity contribution in [3.63, 3.8) is 0 Å². The van der Waals surface area contributed by atoms with Gasteiger partial charge in [0.2, 0.25) is 0 Å². The highest BCUT2D eigenvalue weighted by molar-refractivity contribution is 5.96. The van der Waals surface area contributed by atoms with E-state index in [1.807, 2.05) is 0 Å². The second kappa shape index (κ2) is 6.12. The van der Waals surface area contributed by atoms with Gasteiger partial charge in [0, 0.05) is 0 Å². The van der Waals surface area contributed by atoms with Crippen LogP contribution >= 0.6 is 0 Å². The molecule has 118 valence electrons. The van der Waals surface area contributed by atoms with E-state index in [-0.39, 0.29) is 0 Å². The highest BCUT2D eigenvalue weighted by Gasteiger charge is 2.41. The van der Waals surface area contributed by atoms with Crippen molar-refractivity contribution >= 4 is 11.9 Å². The van der Waals surface area contributed by atoms with Gasteiger partial charge in [0.25, 0.3) is 0 Å². The summed E-state index contributed by atoms with van der Waals surface area (Å²) in [6.45, 7) is 0. The second-order valence-corrected chi connectivity index (χ2v) is 5.19. The smallest absolute Gasteiger partial charge is 0.339 e. The molecule has 0 aromatic heterocycles. The zero-order valence-corrected chi connectivity index (χ0v) is 12.8. The number of carbonyl (C=O) groups excluding carboxylic acids is 2. The molecule has 2 atom stereocenters. The Morgan fingerprint density at radius 1 is 1.04 bits per heavy atom. The van der Waals surface area contributed by atoms with Crippen molar-refractivity contribution in [2.45, 2.75) is 12.0 Å². The van der Waals surface area contributed by atoms with Crippen LogP contribution in [0.25, 0.3) is 0 Å². The molecule has 5 heteroatoms. The minimum atomic E-state index is -0.726. The Morgan fingerprint density at radius 2 is 1.74 bits per heavy atom. The maximum Gasteiger partial charge on any atom is 0.339 e. The summed E-state index contributed by atoms with van der Waals surface area (Å²) in [6.07, 6.45) is -0.726. The van der Waals surface area contributed by atoms with Crippen molar-refractivity contribution in [2.75, 3.05) is 14.2 Å². The summed E-state index contributed by atoms with van der Waals surface area (Å²) in [5.74, 6) is -0.888. The third-order valence-corrected chi connectivity index (χ3v) is 3.95. The van der Waals surface area contributed by atoms with E-state index in [1.54, 1.807) is 55.6 Å². The number of carbonyl (C=O) groups is 2. The zero-order chi connectivity index (χ0) is 16.4. The van der Waals surface area contributed by atoms with Crippen molar-refractivity contribution in [3.8, 4) is 5.75 Å². The van der Waals surface area contributed by atoms with Gasteiger partial charge in [-0.25, -0.2) is 4.79 Å². The molecule has 0 amide bonds. The average molecular weight is 312 g/mol. The normalized spacial score (nSPS) is 19.5. The predicted octanol–water partition coefficient (Wildman–Crippen LogP) is 2.86. The van der Waals surface area contributed by atoms with Crippen LogP contribution in [0.15, 0.2) is 48.5 Å². The van der Waals surface area contributed by atoms with Crippen LogP contribution in [0.4, 0.5) is 0 Å². The quantitative estimate of drug-likeness (QED) is 0.816. The molecule has 0 saturated carbocycles. The third-order valence-electron chi connectivity index (χ3n) is 3.95. The largest absolute Gasteiger partial charge is 0.497 e. The molecule has 0 spiro atoms. The molecule has 0 bridgehead atoms.